The standard InChI is InChI=1S/C6H12N2O2.C2H6/c1-8-3-2-7-4-5(8)6(9)10;1-2/h5,7H,2-4H2,1H3,(H,9,10);1-2H3. The van der Waals surface area contributed by atoms with Crippen LogP contribution in [0.3, 0.4) is 0 Å². The number of hydrogen-bond donors (Lipinski definition) is 2. The highest BCUT2D eigenvalue weighted by Crippen LogP contribution is 1.98. The lowest BCUT2D eigenvalue weighted by atomic mass is 10.2. The fourth-order valence-corrected chi connectivity index (χ4v) is 1.08. The molecule has 4 nitrogen and oxygen atoms in total. The Balaban J connectivity index is 0.000000561. The van der Waals surface area contributed by atoms with Gasteiger partial charge in [0.25, 0.3) is 0 Å². The molecule has 1 rings (SSSR count). The molecule has 0 bridgehead atoms. The van der Waals surface area contributed by atoms with Crippen LogP contribution in [0.2, 0.25) is 0 Å². The molecule has 1 fully saturated rings. The minimum absolute atomic E-state index is 0.339. The van der Waals surface area contributed by atoms with Gasteiger partial charge in [0.2, 0.25) is 0 Å². The highest BCUT2D eigenvalue weighted by molar-refractivity contribution is 5.73. The third-order valence-corrected chi connectivity index (χ3v) is 1.80. The first-order valence-electron chi connectivity index (χ1n) is 4.35. The Morgan fingerprint density at radius 1 is 1.58 bits per heavy atom. The summed E-state index contributed by atoms with van der Waals surface area (Å²) in [6, 6.07) is -0.339. The quantitative estimate of drug-likeness (QED) is 0.587. The molecule has 0 spiro atoms. The molecule has 0 amide bonds. The maximum atomic E-state index is 10.5. The predicted octanol–water partition coefficient (Wildman–Crippen LogP) is 0.000800. The van der Waals surface area contributed by atoms with E-state index in [9.17, 15) is 4.79 Å². The zero-order chi connectivity index (χ0) is 9.56. The van der Waals surface area contributed by atoms with Crippen LogP contribution in [0.5, 0.6) is 0 Å². The maximum absolute atomic E-state index is 10.5. The minimum Gasteiger partial charge on any atom is -0.480 e. The third-order valence-electron chi connectivity index (χ3n) is 1.80. The molecule has 72 valence electrons. The summed E-state index contributed by atoms with van der Waals surface area (Å²) in [6.45, 7) is 6.27. The highest BCUT2D eigenvalue weighted by atomic mass is 16.4. The SMILES string of the molecule is CC.CN1CCNCC1C(=O)O. The number of aliphatic carboxylic acids is 1. The number of nitrogens with one attached hydrogen (secondary N) is 1. The molecule has 1 aliphatic rings. The Morgan fingerprint density at radius 2 is 2.17 bits per heavy atom. The van der Waals surface area contributed by atoms with Crippen molar-refractivity contribution >= 4 is 5.97 Å². The Morgan fingerprint density at radius 3 is 2.50 bits per heavy atom. The van der Waals surface area contributed by atoms with Crippen molar-refractivity contribution in [2.24, 2.45) is 0 Å². The largest absolute Gasteiger partial charge is 0.480 e. The topological polar surface area (TPSA) is 52.6 Å². The summed E-state index contributed by atoms with van der Waals surface area (Å²) in [6.07, 6.45) is 0. The summed E-state index contributed by atoms with van der Waals surface area (Å²) in [7, 11) is 1.83. The smallest absolute Gasteiger partial charge is 0.322 e. The predicted molar refractivity (Wildman–Crippen MR) is 48.3 cm³/mol. The first-order valence-corrected chi connectivity index (χ1v) is 4.35. The number of nitrogens with zero attached hydrogens (tertiary/aromatic N) is 1. The van der Waals surface area contributed by atoms with Crippen molar-refractivity contribution in [3.05, 3.63) is 0 Å². The van der Waals surface area contributed by atoms with Crippen LogP contribution in [0, 0.1) is 0 Å². The lowest BCUT2D eigenvalue weighted by molar-refractivity contribution is -0.143. The van der Waals surface area contributed by atoms with Crippen LogP contribution < -0.4 is 5.32 Å². The van der Waals surface area contributed by atoms with Gasteiger partial charge in [-0.25, -0.2) is 0 Å². The molecule has 0 aromatic rings. The van der Waals surface area contributed by atoms with Crippen molar-refractivity contribution in [2.45, 2.75) is 19.9 Å². The van der Waals surface area contributed by atoms with E-state index in [2.05, 4.69) is 5.32 Å². The Labute approximate surface area is 73.6 Å². The van der Waals surface area contributed by atoms with Crippen molar-refractivity contribution in [1.29, 1.82) is 0 Å². The summed E-state index contributed by atoms with van der Waals surface area (Å²) in [5.41, 5.74) is 0. The second kappa shape index (κ2) is 5.97. The van der Waals surface area contributed by atoms with Crippen molar-refractivity contribution < 1.29 is 9.90 Å². The van der Waals surface area contributed by atoms with Crippen molar-refractivity contribution in [2.75, 3.05) is 26.7 Å². The number of carboxylic acids is 1. The molecule has 0 aromatic carbocycles. The lowest BCUT2D eigenvalue weighted by Crippen LogP contribution is -2.52. The van der Waals surface area contributed by atoms with E-state index >= 15 is 0 Å². The molecule has 1 atom stereocenters. The zero-order valence-corrected chi connectivity index (χ0v) is 8.00. The van der Waals surface area contributed by atoms with Crippen molar-refractivity contribution in [1.82, 2.24) is 10.2 Å². The van der Waals surface area contributed by atoms with Gasteiger partial charge in [0.15, 0.2) is 0 Å². The fourth-order valence-electron chi connectivity index (χ4n) is 1.08. The van der Waals surface area contributed by atoms with Crippen molar-refractivity contribution in [3.63, 3.8) is 0 Å². The van der Waals surface area contributed by atoms with Gasteiger partial charge in [-0.05, 0) is 7.05 Å². The molecule has 0 aliphatic carbocycles. The molecule has 2 N–H and O–H groups in total. The van der Waals surface area contributed by atoms with Gasteiger partial charge >= 0.3 is 5.97 Å². The van der Waals surface area contributed by atoms with E-state index in [-0.39, 0.29) is 6.04 Å². The van der Waals surface area contributed by atoms with Gasteiger partial charge in [0.05, 0.1) is 0 Å². The van der Waals surface area contributed by atoms with Gasteiger partial charge in [0.1, 0.15) is 6.04 Å². The van der Waals surface area contributed by atoms with E-state index < -0.39 is 5.97 Å². The number of likely N-dealkylation sites (N-methyl/N-ethyl adjacent to an activating group) is 1. The van der Waals surface area contributed by atoms with Gasteiger partial charge in [-0.15, -0.1) is 0 Å². The van der Waals surface area contributed by atoms with E-state index in [0.717, 1.165) is 13.1 Å². The number of carbonyl (C=O) groups is 1. The van der Waals surface area contributed by atoms with E-state index in [1.165, 1.54) is 0 Å². The molecule has 1 unspecified atom stereocenters. The number of hydrogen-bond acceptors (Lipinski definition) is 3. The molecule has 0 aromatic heterocycles. The lowest BCUT2D eigenvalue weighted by Gasteiger charge is -2.29. The van der Waals surface area contributed by atoms with Gasteiger partial charge in [-0.2, -0.15) is 0 Å². The number of carboxylic acid groups (broad SMARTS) is 1. The summed E-state index contributed by atoms with van der Waals surface area (Å²) in [5, 5.41) is 11.7. The molecular weight excluding hydrogens is 156 g/mol. The van der Waals surface area contributed by atoms with E-state index in [1.807, 2.05) is 25.8 Å². The molecule has 1 heterocycles. The van der Waals surface area contributed by atoms with Gasteiger partial charge in [-0.3, -0.25) is 9.69 Å². The van der Waals surface area contributed by atoms with Gasteiger partial charge < -0.3 is 10.4 Å². The molecule has 0 saturated carbocycles. The van der Waals surface area contributed by atoms with Crippen molar-refractivity contribution in [3.8, 4) is 0 Å². The van der Waals surface area contributed by atoms with E-state index in [4.69, 9.17) is 5.11 Å². The minimum atomic E-state index is -0.741. The first kappa shape index (κ1) is 11.4. The maximum Gasteiger partial charge on any atom is 0.322 e. The average Bonchev–Trinajstić information content (AvgIpc) is 2.08. The summed E-state index contributed by atoms with van der Waals surface area (Å²) < 4.78 is 0. The Kier molecular flexibility index (Phi) is 5.66. The van der Waals surface area contributed by atoms with Gasteiger partial charge in [-0.1, -0.05) is 13.8 Å². The van der Waals surface area contributed by atoms with Crippen LogP contribution in [-0.2, 0) is 4.79 Å². The van der Waals surface area contributed by atoms with E-state index in [1.54, 1.807) is 0 Å². The highest BCUT2D eigenvalue weighted by Gasteiger charge is 2.24. The second-order valence-corrected chi connectivity index (χ2v) is 2.54. The molecule has 1 saturated heterocycles. The van der Waals surface area contributed by atoms with E-state index in [0.29, 0.717) is 6.54 Å². The molecule has 4 heteroatoms. The second-order valence-electron chi connectivity index (χ2n) is 2.54. The zero-order valence-electron chi connectivity index (χ0n) is 8.00. The summed E-state index contributed by atoms with van der Waals surface area (Å²) >= 11 is 0. The monoisotopic (exact) mass is 174 g/mol. The Hall–Kier alpha value is -0.610. The van der Waals surface area contributed by atoms with Crippen LogP contribution in [0.4, 0.5) is 0 Å². The first-order chi connectivity index (χ1) is 5.72. The Bertz CT molecular complexity index is 139. The third kappa shape index (κ3) is 3.19. The van der Waals surface area contributed by atoms with Gasteiger partial charge in [0, 0.05) is 19.6 Å². The summed E-state index contributed by atoms with van der Waals surface area (Å²) in [4.78, 5) is 12.3. The summed E-state index contributed by atoms with van der Waals surface area (Å²) in [5.74, 6) is -0.741. The average molecular weight is 174 g/mol. The van der Waals surface area contributed by atoms with Crippen LogP contribution in [0.25, 0.3) is 0 Å². The van der Waals surface area contributed by atoms with Crippen LogP contribution in [0.1, 0.15) is 13.8 Å². The van der Waals surface area contributed by atoms with Crippen LogP contribution in [-0.4, -0.2) is 48.7 Å². The number of rotatable bonds is 1. The van der Waals surface area contributed by atoms with Crippen LogP contribution >= 0.6 is 0 Å². The normalized spacial score (nSPS) is 24.1. The molecule has 0 radical (unpaired) electrons. The fraction of sp³-hybridized carbons (Fsp3) is 0.875. The molecule has 12 heavy (non-hydrogen) atoms. The molecule has 1 aliphatic heterocycles. The van der Waals surface area contributed by atoms with Crippen LogP contribution in [0.15, 0.2) is 0 Å². The molecular formula is C8H18N2O2. The number of piperazine rings is 1.